The number of alkyl halides is 3. The Balaban J connectivity index is 1.59. The van der Waals surface area contributed by atoms with Crippen LogP contribution in [-0.4, -0.2) is 59.4 Å². The highest BCUT2D eigenvalue weighted by Crippen LogP contribution is 2.49. The van der Waals surface area contributed by atoms with Gasteiger partial charge in [-0.05, 0) is 67.7 Å². The van der Waals surface area contributed by atoms with Crippen LogP contribution in [0.2, 0.25) is 0 Å². The molecule has 6 rings (SSSR count). The van der Waals surface area contributed by atoms with Crippen LogP contribution in [0.3, 0.4) is 0 Å². The Morgan fingerprint density at radius 1 is 1.07 bits per heavy atom. The van der Waals surface area contributed by atoms with Gasteiger partial charge in [0.05, 0.1) is 11.0 Å². The Kier molecular flexibility index (Phi) is 6.84. The number of benzene rings is 3. The molecule has 1 fully saturated rings. The molecule has 3 N–H and O–H groups in total. The molecule has 13 heteroatoms. The number of nitrogens with one attached hydrogen (secondary N) is 2. The van der Waals surface area contributed by atoms with E-state index < -0.39 is 29.9 Å². The molecule has 0 bridgehead atoms. The molecule has 2 amide bonds. The summed E-state index contributed by atoms with van der Waals surface area (Å²) in [6.45, 7) is 1.61. The Labute approximate surface area is 243 Å². The zero-order valence-electron chi connectivity index (χ0n) is 22.8. The molecular weight excluding hydrogens is 567 g/mol. The number of hydrogen-bond acceptors (Lipinski definition) is 6. The van der Waals surface area contributed by atoms with Crippen molar-refractivity contribution in [3.05, 3.63) is 89.0 Å². The standard InChI is InChI=1S/C30H26F3N5O5/c1-37(28(41)42)27-35-23-10-9-19(16-24(23)36-27)29(43-26(40)30(31,32)33)22-8-3-2-7-21(22)25(39)38(29)20-6-4-5-18(15-20)17-11-13-34-14-12-17/h2-10,15-17,34H,11-14H2,1H3,(H,35,36)(H,41,42). The zero-order chi connectivity index (χ0) is 30.5. The van der Waals surface area contributed by atoms with E-state index in [0.717, 1.165) is 41.3 Å². The van der Waals surface area contributed by atoms with Crippen LogP contribution < -0.4 is 15.1 Å². The number of imidazole rings is 1. The van der Waals surface area contributed by atoms with Crippen molar-refractivity contribution in [2.24, 2.45) is 0 Å². The summed E-state index contributed by atoms with van der Waals surface area (Å²) in [6.07, 6.45) is -4.97. The number of anilines is 2. The Morgan fingerprint density at radius 2 is 1.81 bits per heavy atom. The molecule has 4 aromatic rings. The van der Waals surface area contributed by atoms with E-state index in [1.165, 1.54) is 37.4 Å². The van der Waals surface area contributed by atoms with E-state index in [0.29, 0.717) is 5.52 Å². The SMILES string of the molecule is CN(C(=O)O)c1nc2ccc(C3(OC(=O)C(F)(F)F)c4ccccc4C(=O)N3c3cccc(C4CCNCC4)c3)cc2[nH]1. The van der Waals surface area contributed by atoms with Crippen LogP contribution in [0.25, 0.3) is 11.0 Å². The average Bonchev–Trinajstić information content (AvgIpc) is 3.54. The monoisotopic (exact) mass is 593 g/mol. The van der Waals surface area contributed by atoms with E-state index in [-0.39, 0.29) is 39.8 Å². The Hall–Kier alpha value is -4.91. The Morgan fingerprint density at radius 3 is 2.53 bits per heavy atom. The molecule has 10 nitrogen and oxygen atoms in total. The summed E-state index contributed by atoms with van der Waals surface area (Å²) in [5.41, 5.74) is -0.494. The molecule has 1 saturated heterocycles. The summed E-state index contributed by atoms with van der Waals surface area (Å²) in [7, 11) is 1.27. The molecule has 3 heterocycles. The fourth-order valence-corrected chi connectivity index (χ4v) is 5.81. The lowest BCUT2D eigenvalue weighted by atomic mass is 9.89. The Bertz CT molecular complexity index is 1750. The number of aromatic nitrogens is 2. The van der Waals surface area contributed by atoms with Gasteiger partial charge in [-0.3, -0.25) is 14.6 Å². The van der Waals surface area contributed by atoms with E-state index >= 15 is 0 Å². The summed E-state index contributed by atoms with van der Waals surface area (Å²) in [4.78, 5) is 47.2. The number of aromatic amines is 1. The number of H-pyrrole nitrogens is 1. The number of halogens is 3. The molecule has 0 radical (unpaired) electrons. The van der Waals surface area contributed by atoms with Crippen molar-refractivity contribution < 1.29 is 37.4 Å². The number of carbonyl (C=O) groups is 3. The number of piperidine rings is 1. The first-order valence-electron chi connectivity index (χ1n) is 13.5. The van der Waals surface area contributed by atoms with Gasteiger partial charge >= 0.3 is 18.2 Å². The molecule has 1 aromatic heterocycles. The van der Waals surface area contributed by atoms with E-state index in [4.69, 9.17) is 4.74 Å². The first-order chi connectivity index (χ1) is 20.5. The lowest BCUT2D eigenvalue weighted by Gasteiger charge is -2.39. The molecule has 2 aliphatic heterocycles. The van der Waals surface area contributed by atoms with Gasteiger partial charge < -0.3 is 20.1 Å². The van der Waals surface area contributed by atoms with Crippen LogP contribution >= 0.6 is 0 Å². The maximum absolute atomic E-state index is 14.1. The number of carbonyl (C=O) groups excluding carboxylic acids is 2. The van der Waals surface area contributed by atoms with Crippen molar-refractivity contribution in [3.63, 3.8) is 0 Å². The van der Waals surface area contributed by atoms with Crippen molar-refractivity contribution in [2.75, 3.05) is 29.9 Å². The second kappa shape index (κ2) is 10.4. The van der Waals surface area contributed by atoms with Gasteiger partial charge in [0.15, 0.2) is 0 Å². The molecule has 0 saturated carbocycles. The zero-order valence-corrected chi connectivity index (χ0v) is 22.8. The molecule has 0 spiro atoms. The third-order valence-electron chi connectivity index (χ3n) is 7.92. The predicted molar refractivity (Wildman–Crippen MR) is 150 cm³/mol. The summed E-state index contributed by atoms with van der Waals surface area (Å²) >= 11 is 0. The smallest absolute Gasteiger partial charge is 0.465 e. The molecule has 43 heavy (non-hydrogen) atoms. The summed E-state index contributed by atoms with van der Waals surface area (Å²) in [5.74, 6) is -2.99. The lowest BCUT2D eigenvalue weighted by Crippen LogP contribution is -2.50. The minimum Gasteiger partial charge on any atom is -0.465 e. The van der Waals surface area contributed by atoms with Gasteiger partial charge in [0.25, 0.3) is 5.91 Å². The molecule has 1 unspecified atom stereocenters. The van der Waals surface area contributed by atoms with E-state index in [1.807, 2.05) is 6.07 Å². The lowest BCUT2D eigenvalue weighted by molar-refractivity contribution is -0.211. The van der Waals surface area contributed by atoms with Crippen molar-refractivity contribution in [1.82, 2.24) is 15.3 Å². The van der Waals surface area contributed by atoms with E-state index in [1.54, 1.807) is 30.3 Å². The third-order valence-corrected chi connectivity index (χ3v) is 7.92. The van der Waals surface area contributed by atoms with Crippen LogP contribution in [-0.2, 0) is 15.3 Å². The first kappa shape index (κ1) is 28.2. The number of amides is 2. The van der Waals surface area contributed by atoms with Crippen molar-refractivity contribution in [3.8, 4) is 0 Å². The fraction of sp³-hybridized carbons (Fsp3) is 0.267. The molecule has 0 aliphatic carbocycles. The topological polar surface area (TPSA) is 128 Å². The predicted octanol–water partition coefficient (Wildman–Crippen LogP) is 5.11. The first-order valence-corrected chi connectivity index (χ1v) is 13.5. The van der Waals surface area contributed by atoms with Crippen molar-refractivity contribution in [2.45, 2.75) is 30.7 Å². The van der Waals surface area contributed by atoms with Gasteiger partial charge in [0.1, 0.15) is 0 Å². The van der Waals surface area contributed by atoms with Crippen molar-refractivity contribution >= 4 is 40.6 Å². The van der Waals surface area contributed by atoms with Gasteiger partial charge in [-0.2, -0.15) is 13.2 Å². The number of carboxylic acid groups (broad SMARTS) is 1. The minimum absolute atomic E-state index is 0.0244. The van der Waals surface area contributed by atoms with Gasteiger partial charge in [-0.1, -0.05) is 36.4 Å². The number of fused-ring (bicyclic) bond motifs is 2. The third kappa shape index (κ3) is 4.75. The normalized spacial score (nSPS) is 19.0. The number of nitrogens with zero attached hydrogens (tertiary/aromatic N) is 3. The highest BCUT2D eigenvalue weighted by Gasteiger charge is 2.58. The highest BCUT2D eigenvalue weighted by atomic mass is 19.4. The van der Waals surface area contributed by atoms with Crippen LogP contribution in [0.1, 0.15) is 45.8 Å². The second-order valence-corrected chi connectivity index (χ2v) is 10.5. The van der Waals surface area contributed by atoms with Crippen LogP contribution in [0.5, 0.6) is 0 Å². The van der Waals surface area contributed by atoms with Crippen LogP contribution in [0, 0.1) is 0 Å². The number of hydrogen-bond donors (Lipinski definition) is 3. The second-order valence-electron chi connectivity index (χ2n) is 10.5. The summed E-state index contributed by atoms with van der Waals surface area (Å²) < 4.78 is 47.0. The molecule has 1 atom stereocenters. The summed E-state index contributed by atoms with van der Waals surface area (Å²) in [6, 6.07) is 17.3. The molecule has 2 aliphatic rings. The average molecular weight is 594 g/mol. The van der Waals surface area contributed by atoms with E-state index in [2.05, 4.69) is 15.3 Å². The van der Waals surface area contributed by atoms with Crippen LogP contribution in [0.15, 0.2) is 66.7 Å². The maximum atomic E-state index is 14.1. The van der Waals surface area contributed by atoms with Gasteiger partial charge in [0.2, 0.25) is 11.7 Å². The quantitative estimate of drug-likeness (QED) is 0.275. The molecular formula is C30H26F3N5O5. The fourth-order valence-electron chi connectivity index (χ4n) is 5.81. The summed E-state index contributed by atoms with van der Waals surface area (Å²) in [5, 5.41) is 12.7. The molecule has 3 aromatic carbocycles. The number of rotatable bonds is 5. The van der Waals surface area contributed by atoms with Crippen molar-refractivity contribution in [1.29, 1.82) is 0 Å². The van der Waals surface area contributed by atoms with Gasteiger partial charge in [-0.15, -0.1) is 0 Å². The highest BCUT2D eigenvalue weighted by molar-refractivity contribution is 6.13. The molecule has 222 valence electrons. The maximum Gasteiger partial charge on any atom is 0.491 e. The van der Waals surface area contributed by atoms with E-state index in [9.17, 15) is 32.7 Å². The minimum atomic E-state index is -5.37. The van der Waals surface area contributed by atoms with Gasteiger partial charge in [-0.25, -0.2) is 14.6 Å². The number of esters is 1. The van der Waals surface area contributed by atoms with Gasteiger partial charge in [0, 0.05) is 29.4 Å². The largest absolute Gasteiger partial charge is 0.491 e. The van der Waals surface area contributed by atoms with Crippen LogP contribution in [0.4, 0.5) is 29.6 Å². The number of ether oxygens (including phenoxy) is 1.